The molecular formula is C10H14Cl2N2O2. The number of carbonyl (C=O) groups excluding carboxylic acids is 1. The van der Waals surface area contributed by atoms with Crippen LogP contribution in [0, 0.1) is 0 Å². The number of carbonyl (C=O) groups is 1. The molecule has 4 nitrogen and oxygen atoms in total. The van der Waals surface area contributed by atoms with Gasteiger partial charge >= 0.3 is 5.97 Å². The Balaban J connectivity index is 0. The maximum atomic E-state index is 11.1. The van der Waals surface area contributed by atoms with Crippen LogP contribution in [0.3, 0.4) is 0 Å². The Morgan fingerprint density at radius 3 is 2.75 bits per heavy atom. The Labute approximate surface area is 107 Å². The Kier molecular flexibility index (Phi) is 9.89. The van der Waals surface area contributed by atoms with Crippen LogP contribution in [0.2, 0.25) is 0 Å². The maximum Gasteiger partial charge on any atom is 0.339 e. The molecule has 16 heavy (non-hydrogen) atoms. The van der Waals surface area contributed by atoms with Crippen molar-refractivity contribution in [3.8, 4) is 0 Å². The molecule has 0 fully saturated rings. The molecule has 6 heteroatoms. The van der Waals surface area contributed by atoms with E-state index in [2.05, 4.69) is 9.72 Å². The monoisotopic (exact) mass is 264 g/mol. The van der Waals surface area contributed by atoms with E-state index in [0.717, 1.165) is 5.56 Å². The van der Waals surface area contributed by atoms with Crippen LogP contribution in [-0.2, 0) is 4.74 Å². The second-order valence-electron chi connectivity index (χ2n) is 2.64. The summed E-state index contributed by atoms with van der Waals surface area (Å²) >= 11 is 0. The van der Waals surface area contributed by atoms with E-state index in [9.17, 15) is 4.79 Å². The third kappa shape index (κ3) is 5.11. The molecule has 2 N–H and O–H groups in total. The van der Waals surface area contributed by atoms with Gasteiger partial charge in [-0.05, 0) is 11.6 Å². The Bertz CT molecular complexity index is 356. The van der Waals surface area contributed by atoms with Crippen molar-refractivity contribution in [1.82, 2.24) is 4.98 Å². The lowest BCUT2D eigenvalue weighted by atomic mass is 10.2. The summed E-state index contributed by atoms with van der Waals surface area (Å²) in [4.78, 5) is 15.0. The molecule has 1 aromatic rings. The van der Waals surface area contributed by atoms with E-state index in [-0.39, 0.29) is 30.8 Å². The second kappa shape index (κ2) is 9.15. The number of ether oxygens (including phenoxy) is 1. The molecule has 0 aliphatic rings. The molecule has 0 atom stereocenters. The zero-order valence-corrected chi connectivity index (χ0v) is 10.4. The number of nitrogens with zero attached hydrogens (tertiary/aromatic N) is 1. The fourth-order valence-corrected chi connectivity index (χ4v) is 0.982. The van der Waals surface area contributed by atoms with Crippen molar-refractivity contribution in [2.75, 3.05) is 13.7 Å². The summed E-state index contributed by atoms with van der Waals surface area (Å²) < 4.78 is 4.57. The molecule has 0 spiro atoms. The van der Waals surface area contributed by atoms with Gasteiger partial charge in [-0.15, -0.1) is 24.8 Å². The van der Waals surface area contributed by atoms with Gasteiger partial charge in [0.2, 0.25) is 0 Å². The highest BCUT2D eigenvalue weighted by molar-refractivity contribution is 5.89. The van der Waals surface area contributed by atoms with E-state index >= 15 is 0 Å². The molecule has 0 aliphatic carbocycles. The molecule has 90 valence electrons. The van der Waals surface area contributed by atoms with Gasteiger partial charge in [0.1, 0.15) is 0 Å². The minimum Gasteiger partial charge on any atom is -0.465 e. The molecule has 0 aliphatic heterocycles. The maximum absolute atomic E-state index is 11.1. The Morgan fingerprint density at radius 1 is 1.50 bits per heavy atom. The number of halogens is 2. The lowest BCUT2D eigenvalue weighted by Crippen LogP contribution is -2.01. The molecule has 0 amide bonds. The predicted octanol–water partition coefficient (Wildman–Crippen LogP) is 1.68. The lowest BCUT2D eigenvalue weighted by molar-refractivity contribution is 0.0600. The third-order valence-electron chi connectivity index (χ3n) is 1.63. The van der Waals surface area contributed by atoms with E-state index in [0.29, 0.717) is 12.1 Å². The first kappa shape index (κ1) is 17.3. The Hall–Kier alpha value is -1.10. The molecule has 1 rings (SSSR count). The average molecular weight is 265 g/mol. The topological polar surface area (TPSA) is 65.2 Å². The van der Waals surface area contributed by atoms with Crippen molar-refractivity contribution < 1.29 is 9.53 Å². The van der Waals surface area contributed by atoms with Crippen molar-refractivity contribution in [2.24, 2.45) is 5.73 Å². The van der Waals surface area contributed by atoms with E-state index in [1.165, 1.54) is 13.3 Å². The average Bonchev–Trinajstić information content (AvgIpc) is 2.25. The van der Waals surface area contributed by atoms with Gasteiger partial charge in [0.25, 0.3) is 0 Å². The highest BCUT2D eigenvalue weighted by Gasteiger charge is 2.04. The normalized spacial score (nSPS) is 9.12. The lowest BCUT2D eigenvalue weighted by Gasteiger charge is -1.99. The zero-order valence-electron chi connectivity index (χ0n) is 8.75. The van der Waals surface area contributed by atoms with Gasteiger partial charge in [0, 0.05) is 18.9 Å². The number of hydrogen-bond donors (Lipinski definition) is 1. The smallest absolute Gasteiger partial charge is 0.339 e. The van der Waals surface area contributed by atoms with Crippen LogP contribution in [0.15, 0.2) is 24.5 Å². The highest BCUT2D eigenvalue weighted by Crippen LogP contribution is 2.05. The summed E-state index contributed by atoms with van der Waals surface area (Å²) in [5.74, 6) is -0.388. The van der Waals surface area contributed by atoms with Crippen molar-refractivity contribution >= 4 is 36.9 Å². The molecule has 1 aromatic heterocycles. The molecule has 0 unspecified atom stereocenters. The fourth-order valence-electron chi connectivity index (χ4n) is 0.982. The number of esters is 1. The first-order chi connectivity index (χ1) is 6.77. The zero-order chi connectivity index (χ0) is 10.4. The first-order valence-corrected chi connectivity index (χ1v) is 4.18. The van der Waals surface area contributed by atoms with E-state index in [1.54, 1.807) is 24.4 Å². The number of hydrogen-bond acceptors (Lipinski definition) is 4. The standard InChI is InChI=1S/C10H12N2O2.2ClH/c1-14-10(13)9-5-8(3-2-4-11)6-12-7-9;;/h2-3,5-7H,4,11H2,1H3;2*1H/b3-2-;;. The van der Waals surface area contributed by atoms with Gasteiger partial charge < -0.3 is 10.5 Å². The van der Waals surface area contributed by atoms with Gasteiger partial charge in [0.05, 0.1) is 12.7 Å². The van der Waals surface area contributed by atoms with E-state index in [1.807, 2.05) is 0 Å². The summed E-state index contributed by atoms with van der Waals surface area (Å²) in [6, 6.07) is 1.70. The van der Waals surface area contributed by atoms with Gasteiger partial charge in [-0.2, -0.15) is 0 Å². The molecule has 0 aromatic carbocycles. The van der Waals surface area contributed by atoms with Crippen molar-refractivity contribution in [2.45, 2.75) is 0 Å². The summed E-state index contributed by atoms with van der Waals surface area (Å²) in [6.45, 7) is 0.461. The SMILES string of the molecule is COC(=O)c1cncc(/C=C\CN)c1.Cl.Cl. The third-order valence-corrected chi connectivity index (χ3v) is 1.63. The van der Waals surface area contributed by atoms with Crippen LogP contribution < -0.4 is 5.73 Å². The first-order valence-electron chi connectivity index (χ1n) is 4.18. The van der Waals surface area contributed by atoms with Gasteiger partial charge in [-0.25, -0.2) is 4.79 Å². The van der Waals surface area contributed by atoms with Crippen LogP contribution >= 0.6 is 24.8 Å². The minimum absolute atomic E-state index is 0. The Morgan fingerprint density at radius 2 is 2.19 bits per heavy atom. The van der Waals surface area contributed by atoms with Gasteiger partial charge in [-0.1, -0.05) is 12.2 Å². The quantitative estimate of drug-likeness (QED) is 0.844. The summed E-state index contributed by atoms with van der Waals surface area (Å²) in [5, 5.41) is 0. The highest BCUT2D eigenvalue weighted by atomic mass is 35.5. The molecular weight excluding hydrogens is 251 g/mol. The van der Waals surface area contributed by atoms with Crippen LogP contribution in [0.5, 0.6) is 0 Å². The number of pyridine rings is 1. The van der Waals surface area contributed by atoms with E-state index in [4.69, 9.17) is 5.73 Å². The van der Waals surface area contributed by atoms with Crippen molar-refractivity contribution in [1.29, 1.82) is 0 Å². The summed E-state index contributed by atoms with van der Waals surface area (Å²) in [6.07, 6.45) is 6.71. The second-order valence-corrected chi connectivity index (χ2v) is 2.64. The number of rotatable bonds is 3. The number of methoxy groups -OCH3 is 1. The molecule has 1 heterocycles. The molecule has 0 radical (unpaired) electrons. The molecule has 0 bridgehead atoms. The predicted molar refractivity (Wildman–Crippen MR) is 68.2 cm³/mol. The van der Waals surface area contributed by atoms with Crippen molar-refractivity contribution in [3.05, 3.63) is 35.7 Å². The van der Waals surface area contributed by atoms with Crippen LogP contribution in [0.1, 0.15) is 15.9 Å². The fraction of sp³-hybridized carbons (Fsp3) is 0.200. The molecule has 0 saturated heterocycles. The molecule has 0 saturated carbocycles. The van der Waals surface area contributed by atoms with Crippen LogP contribution in [-0.4, -0.2) is 24.6 Å². The number of nitrogens with two attached hydrogens (primary N) is 1. The minimum atomic E-state index is -0.388. The van der Waals surface area contributed by atoms with E-state index < -0.39 is 0 Å². The van der Waals surface area contributed by atoms with Crippen LogP contribution in [0.4, 0.5) is 0 Å². The van der Waals surface area contributed by atoms with Gasteiger partial charge in [-0.3, -0.25) is 4.98 Å². The number of aromatic nitrogens is 1. The largest absolute Gasteiger partial charge is 0.465 e. The van der Waals surface area contributed by atoms with Gasteiger partial charge in [0.15, 0.2) is 0 Å². The van der Waals surface area contributed by atoms with Crippen LogP contribution in [0.25, 0.3) is 6.08 Å². The summed E-state index contributed by atoms with van der Waals surface area (Å²) in [5.41, 5.74) is 6.57. The summed E-state index contributed by atoms with van der Waals surface area (Å²) in [7, 11) is 1.34. The van der Waals surface area contributed by atoms with Crippen molar-refractivity contribution in [3.63, 3.8) is 0 Å².